The number of benzene rings is 1. The first-order valence-corrected chi connectivity index (χ1v) is 4.77. The van der Waals surface area contributed by atoms with Crippen LogP contribution < -0.4 is 5.73 Å². The molecule has 0 unspecified atom stereocenters. The molecule has 0 heterocycles. The number of methoxy groups -OCH3 is 1. The maximum absolute atomic E-state index is 12.2. The van der Waals surface area contributed by atoms with E-state index in [2.05, 4.69) is 4.74 Å². The lowest BCUT2D eigenvalue weighted by atomic mass is 9.99. The van der Waals surface area contributed by atoms with Crippen molar-refractivity contribution in [3.63, 3.8) is 0 Å². The number of alkyl halides is 2. The number of carbonyl (C=O) groups is 1. The van der Waals surface area contributed by atoms with Crippen molar-refractivity contribution in [2.45, 2.75) is 18.9 Å². The van der Waals surface area contributed by atoms with E-state index in [-0.39, 0.29) is 18.0 Å². The number of ether oxygens (including phenoxy) is 1. The molecule has 1 aromatic rings. The molecule has 0 radical (unpaired) electrons. The van der Waals surface area contributed by atoms with Crippen molar-refractivity contribution >= 4 is 18.4 Å². The largest absolute Gasteiger partial charge is 0.465 e. The second-order valence-electron chi connectivity index (χ2n) is 3.31. The van der Waals surface area contributed by atoms with Gasteiger partial charge in [-0.15, -0.1) is 12.4 Å². The van der Waals surface area contributed by atoms with E-state index >= 15 is 0 Å². The highest BCUT2D eigenvalue weighted by molar-refractivity contribution is 5.91. The maximum atomic E-state index is 12.2. The van der Waals surface area contributed by atoms with Crippen molar-refractivity contribution in [1.29, 1.82) is 0 Å². The molecule has 0 aliphatic heterocycles. The van der Waals surface area contributed by atoms with Crippen molar-refractivity contribution in [3.8, 4) is 0 Å². The minimum absolute atomic E-state index is 0. The first-order valence-electron chi connectivity index (χ1n) is 4.77. The molecule has 0 saturated carbocycles. The van der Waals surface area contributed by atoms with E-state index in [4.69, 9.17) is 5.73 Å². The van der Waals surface area contributed by atoms with E-state index in [0.29, 0.717) is 5.56 Å². The Hall–Kier alpha value is -1.20. The van der Waals surface area contributed by atoms with Crippen LogP contribution in [0.15, 0.2) is 24.3 Å². The molecule has 1 atom stereocenters. The second-order valence-corrected chi connectivity index (χ2v) is 3.31. The Bertz CT molecular complexity index is 374. The minimum atomic E-state index is -2.50. The van der Waals surface area contributed by atoms with Crippen LogP contribution in [0, 0.1) is 0 Å². The third-order valence-electron chi connectivity index (χ3n) is 2.20. The highest BCUT2D eigenvalue weighted by atomic mass is 35.5. The molecule has 1 aromatic carbocycles. The number of carbonyl (C=O) groups excluding carboxylic acids is 1. The molecule has 0 fully saturated rings. The van der Waals surface area contributed by atoms with Crippen LogP contribution in [0.25, 0.3) is 0 Å². The van der Waals surface area contributed by atoms with Crippen molar-refractivity contribution in [2.24, 2.45) is 5.73 Å². The topological polar surface area (TPSA) is 52.3 Å². The predicted molar refractivity (Wildman–Crippen MR) is 62.6 cm³/mol. The number of hydrogen-bond donors (Lipinski definition) is 1. The number of nitrogens with two attached hydrogens (primary N) is 1. The molecule has 0 aromatic heterocycles. The fourth-order valence-electron chi connectivity index (χ4n) is 1.44. The van der Waals surface area contributed by atoms with Gasteiger partial charge in [0.15, 0.2) is 0 Å². The summed E-state index contributed by atoms with van der Waals surface area (Å²) in [7, 11) is 1.23. The molecular formula is C11H14ClF2NO2. The zero-order chi connectivity index (χ0) is 12.1. The first kappa shape index (κ1) is 15.8. The average molecular weight is 266 g/mol. The van der Waals surface area contributed by atoms with Gasteiger partial charge in [0.2, 0.25) is 6.43 Å². The summed E-state index contributed by atoms with van der Waals surface area (Å²) in [6.07, 6.45) is -2.98. The summed E-state index contributed by atoms with van der Waals surface area (Å²) in [6.45, 7) is 0. The summed E-state index contributed by atoms with van der Waals surface area (Å²) in [6, 6.07) is 5.47. The molecule has 0 bridgehead atoms. The molecule has 0 saturated heterocycles. The Labute approximate surface area is 104 Å². The van der Waals surface area contributed by atoms with Crippen LogP contribution in [-0.2, 0) is 4.74 Å². The van der Waals surface area contributed by atoms with E-state index in [1.165, 1.54) is 13.2 Å². The van der Waals surface area contributed by atoms with Gasteiger partial charge in [-0.1, -0.05) is 18.2 Å². The molecule has 0 aliphatic rings. The van der Waals surface area contributed by atoms with Crippen LogP contribution >= 0.6 is 12.4 Å². The first-order chi connectivity index (χ1) is 7.56. The monoisotopic (exact) mass is 265 g/mol. The van der Waals surface area contributed by atoms with Gasteiger partial charge in [0.1, 0.15) is 0 Å². The summed E-state index contributed by atoms with van der Waals surface area (Å²) in [5.74, 6) is -0.569. The van der Waals surface area contributed by atoms with Crippen LogP contribution in [0.3, 0.4) is 0 Å². The van der Waals surface area contributed by atoms with Gasteiger partial charge in [0, 0.05) is 12.5 Å². The lowest BCUT2D eigenvalue weighted by Crippen LogP contribution is -2.18. The van der Waals surface area contributed by atoms with Gasteiger partial charge in [-0.3, -0.25) is 0 Å². The predicted octanol–water partition coefficient (Wildman–Crippen LogP) is 2.55. The Morgan fingerprint density at radius 2 is 2.00 bits per heavy atom. The van der Waals surface area contributed by atoms with E-state index in [0.717, 1.165) is 0 Å². The molecule has 0 aliphatic carbocycles. The molecule has 6 heteroatoms. The quantitative estimate of drug-likeness (QED) is 0.851. The Morgan fingerprint density at radius 3 is 2.53 bits per heavy atom. The summed E-state index contributed by atoms with van der Waals surface area (Å²) in [4.78, 5) is 11.4. The minimum Gasteiger partial charge on any atom is -0.465 e. The Kier molecular flexibility index (Phi) is 6.68. The lowest BCUT2D eigenvalue weighted by molar-refractivity contribution is 0.0597. The van der Waals surface area contributed by atoms with Gasteiger partial charge in [0.05, 0.1) is 12.7 Å². The van der Waals surface area contributed by atoms with E-state index in [9.17, 15) is 13.6 Å². The van der Waals surface area contributed by atoms with Gasteiger partial charge >= 0.3 is 5.97 Å². The SMILES string of the molecule is COC(=O)c1ccccc1[C@@H](N)CC(F)F.Cl. The molecule has 96 valence electrons. The summed E-state index contributed by atoms with van der Waals surface area (Å²) in [5, 5.41) is 0. The molecule has 0 amide bonds. The van der Waals surface area contributed by atoms with E-state index in [1.54, 1.807) is 18.2 Å². The van der Waals surface area contributed by atoms with Crippen molar-refractivity contribution in [3.05, 3.63) is 35.4 Å². The van der Waals surface area contributed by atoms with Crippen LogP contribution in [0.5, 0.6) is 0 Å². The van der Waals surface area contributed by atoms with Crippen molar-refractivity contribution < 1.29 is 18.3 Å². The normalized spacial score (nSPS) is 11.8. The highest BCUT2D eigenvalue weighted by Gasteiger charge is 2.19. The van der Waals surface area contributed by atoms with Crippen LogP contribution in [-0.4, -0.2) is 19.5 Å². The molecule has 1 rings (SSSR count). The fourth-order valence-corrected chi connectivity index (χ4v) is 1.44. The molecular weight excluding hydrogens is 252 g/mol. The van der Waals surface area contributed by atoms with Gasteiger partial charge < -0.3 is 10.5 Å². The summed E-state index contributed by atoms with van der Waals surface area (Å²) < 4.78 is 28.9. The van der Waals surface area contributed by atoms with Gasteiger partial charge in [-0.05, 0) is 11.6 Å². The van der Waals surface area contributed by atoms with E-state index < -0.39 is 24.9 Å². The van der Waals surface area contributed by atoms with Gasteiger partial charge in [-0.25, -0.2) is 13.6 Å². The van der Waals surface area contributed by atoms with Crippen molar-refractivity contribution in [2.75, 3.05) is 7.11 Å². The van der Waals surface area contributed by atoms with Gasteiger partial charge in [0.25, 0.3) is 0 Å². The summed E-state index contributed by atoms with van der Waals surface area (Å²) in [5.41, 5.74) is 6.22. The zero-order valence-electron chi connectivity index (χ0n) is 9.23. The lowest BCUT2D eigenvalue weighted by Gasteiger charge is -2.14. The van der Waals surface area contributed by atoms with Crippen LogP contribution in [0.2, 0.25) is 0 Å². The number of hydrogen-bond acceptors (Lipinski definition) is 3. The Morgan fingerprint density at radius 1 is 1.41 bits per heavy atom. The van der Waals surface area contributed by atoms with E-state index in [1.807, 2.05) is 0 Å². The third-order valence-corrected chi connectivity index (χ3v) is 2.20. The second kappa shape index (κ2) is 7.19. The fraction of sp³-hybridized carbons (Fsp3) is 0.364. The number of esters is 1. The van der Waals surface area contributed by atoms with Crippen LogP contribution in [0.1, 0.15) is 28.4 Å². The van der Waals surface area contributed by atoms with Crippen molar-refractivity contribution in [1.82, 2.24) is 0 Å². The van der Waals surface area contributed by atoms with Gasteiger partial charge in [-0.2, -0.15) is 0 Å². The summed E-state index contributed by atoms with van der Waals surface area (Å²) >= 11 is 0. The zero-order valence-corrected chi connectivity index (χ0v) is 10.0. The number of rotatable bonds is 4. The average Bonchev–Trinajstić information content (AvgIpc) is 2.27. The number of halogens is 3. The molecule has 17 heavy (non-hydrogen) atoms. The van der Waals surface area contributed by atoms with Crippen LogP contribution in [0.4, 0.5) is 8.78 Å². The highest BCUT2D eigenvalue weighted by Crippen LogP contribution is 2.22. The molecule has 0 spiro atoms. The smallest absolute Gasteiger partial charge is 0.338 e. The maximum Gasteiger partial charge on any atom is 0.338 e. The Balaban J connectivity index is 0.00000256. The third kappa shape index (κ3) is 4.28. The molecule has 2 N–H and O–H groups in total. The molecule has 3 nitrogen and oxygen atoms in total. The standard InChI is InChI=1S/C11H13F2NO2.ClH/c1-16-11(15)8-5-3-2-4-7(8)9(14)6-10(12)13;/h2-5,9-10H,6,14H2,1H3;1H/t9-;/m0./s1.